The fourth-order valence-electron chi connectivity index (χ4n) is 2.85. The highest BCUT2D eigenvalue weighted by atomic mass is 35.5. The molecule has 3 N–H and O–H groups in total. The van der Waals surface area contributed by atoms with Gasteiger partial charge in [-0.25, -0.2) is 4.98 Å². The summed E-state index contributed by atoms with van der Waals surface area (Å²) >= 11 is 0. The number of benzene rings is 1. The molecule has 1 aliphatic rings. The molecule has 1 saturated heterocycles. The van der Waals surface area contributed by atoms with E-state index in [0.717, 1.165) is 24.5 Å². The van der Waals surface area contributed by atoms with Crippen LogP contribution in [0.2, 0.25) is 0 Å². The first-order valence-electron chi connectivity index (χ1n) is 8.06. The zero-order chi connectivity index (χ0) is 16.1. The Bertz CT molecular complexity index is 690. The molecule has 0 aliphatic carbocycles. The smallest absolute Gasteiger partial charge is 0.253 e. The highest BCUT2D eigenvalue weighted by Gasteiger charge is 2.13. The first kappa shape index (κ1) is 21.1. The Labute approximate surface area is 160 Å². The molecule has 2 aromatic rings. The van der Waals surface area contributed by atoms with Gasteiger partial charge in [-0.05, 0) is 49.1 Å². The van der Waals surface area contributed by atoms with Gasteiger partial charge in [0.25, 0.3) is 5.91 Å². The number of amides is 1. The molecule has 136 valence electrons. The predicted molar refractivity (Wildman–Crippen MR) is 107 cm³/mol. The van der Waals surface area contributed by atoms with Gasteiger partial charge in [-0.15, -0.1) is 24.8 Å². The lowest BCUT2D eigenvalue weighted by atomic mass is 10.1. The fourth-order valence-corrected chi connectivity index (χ4v) is 2.85. The van der Waals surface area contributed by atoms with Crippen molar-refractivity contribution in [3.8, 4) is 0 Å². The van der Waals surface area contributed by atoms with Crippen LogP contribution in [-0.4, -0.2) is 24.0 Å². The Morgan fingerprint density at radius 3 is 2.56 bits per heavy atom. The third-order valence-corrected chi connectivity index (χ3v) is 4.15. The maximum atomic E-state index is 12.2. The van der Waals surface area contributed by atoms with Crippen LogP contribution in [0.3, 0.4) is 0 Å². The largest absolute Gasteiger partial charge is 0.398 e. The highest BCUT2D eigenvalue weighted by molar-refractivity contribution is 5.99. The molecule has 3 rings (SSSR count). The van der Waals surface area contributed by atoms with Crippen LogP contribution >= 0.6 is 24.8 Å². The first-order valence-corrected chi connectivity index (χ1v) is 8.06. The van der Waals surface area contributed by atoms with E-state index in [1.54, 1.807) is 12.1 Å². The molecule has 0 bridgehead atoms. The third-order valence-electron chi connectivity index (χ3n) is 4.15. The average Bonchev–Trinajstić information content (AvgIpc) is 2.61. The monoisotopic (exact) mass is 382 g/mol. The van der Waals surface area contributed by atoms with E-state index in [4.69, 9.17) is 5.73 Å². The molecule has 0 unspecified atom stereocenters. The van der Waals surface area contributed by atoms with Crippen LogP contribution in [0.5, 0.6) is 0 Å². The summed E-state index contributed by atoms with van der Waals surface area (Å²) in [6, 6.07) is 11.1. The summed E-state index contributed by atoms with van der Waals surface area (Å²) < 4.78 is 0. The maximum absolute atomic E-state index is 12.2. The van der Waals surface area contributed by atoms with Gasteiger partial charge in [-0.2, -0.15) is 0 Å². The van der Waals surface area contributed by atoms with Crippen molar-refractivity contribution in [1.82, 2.24) is 10.3 Å². The molecular weight excluding hydrogens is 359 g/mol. The van der Waals surface area contributed by atoms with Crippen molar-refractivity contribution in [3.05, 3.63) is 53.7 Å². The van der Waals surface area contributed by atoms with Crippen molar-refractivity contribution < 1.29 is 4.79 Å². The second-order valence-corrected chi connectivity index (χ2v) is 5.84. The van der Waals surface area contributed by atoms with Crippen molar-refractivity contribution in [1.29, 1.82) is 0 Å². The number of para-hydroxylation sites is 1. The van der Waals surface area contributed by atoms with Crippen molar-refractivity contribution in [2.75, 3.05) is 23.7 Å². The van der Waals surface area contributed by atoms with Gasteiger partial charge in [0.1, 0.15) is 5.82 Å². The van der Waals surface area contributed by atoms with Crippen LogP contribution in [0.4, 0.5) is 11.5 Å². The summed E-state index contributed by atoms with van der Waals surface area (Å²) in [6.45, 7) is 2.59. The molecule has 0 saturated carbocycles. The van der Waals surface area contributed by atoms with Crippen LogP contribution in [0.1, 0.15) is 35.2 Å². The minimum absolute atomic E-state index is 0. The third kappa shape index (κ3) is 5.51. The SMILES string of the molecule is Cl.Cl.Nc1ccccc1C(=O)NCc1ccnc(N2CCCCC2)c1. The summed E-state index contributed by atoms with van der Waals surface area (Å²) in [6.07, 6.45) is 5.54. The van der Waals surface area contributed by atoms with Crippen LogP contribution in [-0.2, 0) is 6.54 Å². The van der Waals surface area contributed by atoms with E-state index in [1.807, 2.05) is 24.4 Å². The molecule has 25 heavy (non-hydrogen) atoms. The number of nitrogens with two attached hydrogens (primary N) is 1. The number of carbonyl (C=O) groups is 1. The molecular formula is C18H24Cl2N4O. The number of halogens is 2. The predicted octanol–water partition coefficient (Wildman–Crippen LogP) is 3.43. The number of aromatic nitrogens is 1. The van der Waals surface area contributed by atoms with Crippen LogP contribution in [0.25, 0.3) is 0 Å². The summed E-state index contributed by atoms with van der Waals surface area (Å²) in [5.41, 5.74) is 7.89. The average molecular weight is 383 g/mol. The number of carbonyl (C=O) groups excluding carboxylic acids is 1. The number of nitrogen functional groups attached to an aromatic ring is 1. The van der Waals surface area contributed by atoms with E-state index in [-0.39, 0.29) is 30.7 Å². The number of nitrogens with one attached hydrogen (secondary N) is 1. The maximum Gasteiger partial charge on any atom is 0.253 e. The molecule has 1 aliphatic heterocycles. The number of piperidine rings is 1. The highest BCUT2D eigenvalue weighted by Crippen LogP contribution is 2.18. The minimum atomic E-state index is -0.153. The molecule has 5 nitrogen and oxygen atoms in total. The van der Waals surface area contributed by atoms with E-state index in [0.29, 0.717) is 17.8 Å². The van der Waals surface area contributed by atoms with Crippen molar-refractivity contribution in [2.45, 2.75) is 25.8 Å². The number of hydrogen-bond acceptors (Lipinski definition) is 4. The Morgan fingerprint density at radius 2 is 1.84 bits per heavy atom. The van der Waals surface area contributed by atoms with Crippen LogP contribution in [0, 0.1) is 0 Å². The van der Waals surface area contributed by atoms with Gasteiger partial charge < -0.3 is 16.0 Å². The Morgan fingerprint density at radius 1 is 1.12 bits per heavy atom. The standard InChI is InChI=1S/C18H22N4O.2ClH/c19-16-7-3-2-6-15(16)18(23)21-13-14-8-9-20-17(12-14)22-10-4-1-5-11-22;;/h2-3,6-9,12H,1,4-5,10-11,13,19H2,(H,21,23);2*1H. The number of rotatable bonds is 4. The van der Waals surface area contributed by atoms with Crippen molar-refractivity contribution in [3.63, 3.8) is 0 Å². The number of pyridine rings is 1. The zero-order valence-electron chi connectivity index (χ0n) is 14.0. The first-order chi connectivity index (χ1) is 11.2. The van der Waals surface area contributed by atoms with Gasteiger partial charge in [-0.1, -0.05) is 12.1 Å². The second kappa shape index (κ2) is 10.1. The fraction of sp³-hybridized carbons (Fsp3) is 0.333. The lowest BCUT2D eigenvalue weighted by Gasteiger charge is -2.27. The molecule has 0 spiro atoms. The van der Waals surface area contributed by atoms with Gasteiger partial charge in [0.15, 0.2) is 0 Å². The number of anilines is 2. The van der Waals surface area contributed by atoms with Gasteiger partial charge >= 0.3 is 0 Å². The summed E-state index contributed by atoms with van der Waals surface area (Å²) in [7, 11) is 0. The Kier molecular flexibility index (Phi) is 8.52. The summed E-state index contributed by atoms with van der Waals surface area (Å²) in [4.78, 5) is 19.0. The topological polar surface area (TPSA) is 71.2 Å². The summed E-state index contributed by atoms with van der Waals surface area (Å²) in [5.74, 6) is 0.843. The van der Waals surface area contributed by atoms with Crippen molar-refractivity contribution >= 4 is 42.2 Å². The second-order valence-electron chi connectivity index (χ2n) is 5.84. The molecule has 1 aromatic carbocycles. The van der Waals surface area contributed by atoms with Crippen molar-refractivity contribution in [2.24, 2.45) is 0 Å². The van der Waals surface area contributed by atoms with Gasteiger partial charge in [0, 0.05) is 31.5 Å². The van der Waals surface area contributed by atoms with Crippen LogP contribution < -0.4 is 16.0 Å². The molecule has 0 atom stereocenters. The van der Waals surface area contributed by atoms with E-state index in [2.05, 4.69) is 21.3 Å². The Balaban J connectivity index is 0.00000156. The normalized spacial score (nSPS) is 13.4. The molecule has 2 heterocycles. The molecule has 1 amide bonds. The molecule has 7 heteroatoms. The van der Waals surface area contributed by atoms with E-state index in [1.165, 1.54) is 19.3 Å². The van der Waals surface area contributed by atoms with Gasteiger partial charge in [-0.3, -0.25) is 4.79 Å². The quantitative estimate of drug-likeness (QED) is 0.794. The molecule has 0 radical (unpaired) electrons. The Hall–Kier alpha value is -1.98. The van der Waals surface area contributed by atoms with Gasteiger partial charge in [0.05, 0.1) is 5.56 Å². The van der Waals surface area contributed by atoms with E-state index in [9.17, 15) is 4.79 Å². The number of hydrogen-bond donors (Lipinski definition) is 2. The van der Waals surface area contributed by atoms with Gasteiger partial charge in [0.2, 0.25) is 0 Å². The lowest BCUT2D eigenvalue weighted by molar-refractivity contribution is 0.0952. The lowest BCUT2D eigenvalue weighted by Crippen LogP contribution is -2.30. The summed E-state index contributed by atoms with van der Waals surface area (Å²) in [5, 5.41) is 2.92. The van der Waals surface area contributed by atoms with E-state index < -0.39 is 0 Å². The molecule has 1 aromatic heterocycles. The minimum Gasteiger partial charge on any atom is -0.398 e. The zero-order valence-corrected chi connectivity index (χ0v) is 15.6. The van der Waals surface area contributed by atoms with Crippen LogP contribution in [0.15, 0.2) is 42.6 Å². The molecule has 1 fully saturated rings. The van der Waals surface area contributed by atoms with E-state index >= 15 is 0 Å². The number of nitrogens with zero attached hydrogens (tertiary/aromatic N) is 2.